The van der Waals surface area contributed by atoms with Crippen molar-refractivity contribution < 1.29 is 9.84 Å². The number of aliphatic hydroxyl groups is 1. The van der Waals surface area contributed by atoms with Crippen molar-refractivity contribution in [3.63, 3.8) is 0 Å². The van der Waals surface area contributed by atoms with E-state index in [2.05, 4.69) is 57.8 Å². The number of hydrogen-bond donors (Lipinski definition) is 3. The van der Waals surface area contributed by atoms with Gasteiger partial charge in [0.2, 0.25) is 0 Å². The second-order valence-corrected chi connectivity index (χ2v) is 7.99. The lowest BCUT2D eigenvalue weighted by atomic mass is 10.2. The molecule has 1 saturated heterocycles. The lowest BCUT2D eigenvalue weighted by Gasteiger charge is -2.25. The van der Waals surface area contributed by atoms with Crippen LogP contribution in [0.25, 0.3) is 0 Å². The fraction of sp³-hybridized carbons (Fsp3) is 0.682. The predicted molar refractivity (Wildman–Crippen MR) is 113 cm³/mol. The summed E-state index contributed by atoms with van der Waals surface area (Å²) in [6, 6.07) is 11.2. The van der Waals surface area contributed by atoms with E-state index in [1.165, 1.54) is 31.2 Å². The summed E-state index contributed by atoms with van der Waals surface area (Å²) in [6.07, 6.45) is 4.44. The molecule has 28 heavy (non-hydrogen) atoms. The summed E-state index contributed by atoms with van der Waals surface area (Å²) in [5.74, 6) is 1.50. The Morgan fingerprint density at radius 3 is 2.82 bits per heavy atom. The smallest absolute Gasteiger partial charge is 0.191 e. The third-order valence-electron chi connectivity index (χ3n) is 5.40. The highest BCUT2D eigenvalue weighted by atomic mass is 16.5. The first-order chi connectivity index (χ1) is 13.7. The topological polar surface area (TPSA) is 69.1 Å². The van der Waals surface area contributed by atoms with Gasteiger partial charge in [0.1, 0.15) is 0 Å². The van der Waals surface area contributed by atoms with Crippen LogP contribution >= 0.6 is 0 Å². The Bertz CT molecular complexity index is 591. The normalized spacial score (nSPS) is 21.6. The van der Waals surface area contributed by atoms with Gasteiger partial charge in [-0.15, -0.1) is 0 Å². The van der Waals surface area contributed by atoms with Crippen molar-refractivity contribution in [2.45, 2.75) is 51.3 Å². The van der Waals surface area contributed by atoms with Crippen molar-refractivity contribution in [2.75, 3.05) is 39.4 Å². The van der Waals surface area contributed by atoms with Gasteiger partial charge in [-0.05, 0) is 50.6 Å². The molecule has 0 bridgehead atoms. The minimum atomic E-state index is -0.546. The van der Waals surface area contributed by atoms with E-state index in [0.717, 1.165) is 44.7 Å². The third kappa shape index (κ3) is 7.41. The van der Waals surface area contributed by atoms with E-state index in [1.54, 1.807) is 0 Å². The number of aliphatic hydroxyl groups excluding tert-OH is 1. The standard InChI is InChI=1S/C22H36N4O2/c1-2-23-22(25-14-21(27)17-28-16-19-10-11-19)24-13-20-9-6-12-26(20)15-18-7-4-3-5-8-18/h3-5,7-8,19-21,27H,2,6,9-17H2,1H3,(H2,23,24,25). The zero-order valence-electron chi connectivity index (χ0n) is 17.1. The van der Waals surface area contributed by atoms with Gasteiger partial charge in [-0.25, -0.2) is 0 Å². The number of likely N-dealkylation sites (tertiary alicyclic amines) is 1. The predicted octanol–water partition coefficient (Wildman–Crippen LogP) is 1.99. The molecule has 3 N–H and O–H groups in total. The molecule has 3 rings (SSSR count). The highest BCUT2D eigenvalue weighted by molar-refractivity contribution is 5.79. The minimum Gasteiger partial charge on any atom is -0.389 e. The first-order valence-corrected chi connectivity index (χ1v) is 10.8. The monoisotopic (exact) mass is 388 g/mol. The average molecular weight is 389 g/mol. The zero-order chi connectivity index (χ0) is 19.6. The number of nitrogens with zero attached hydrogens (tertiary/aromatic N) is 2. The van der Waals surface area contributed by atoms with Gasteiger partial charge in [0.25, 0.3) is 0 Å². The van der Waals surface area contributed by atoms with Gasteiger partial charge in [-0.1, -0.05) is 30.3 Å². The van der Waals surface area contributed by atoms with Crippen LogP contribution in [-0.4, -0.2) is 67.5 Å². The largest absolute Gasteiger partial charge is 0.389 e. The Morgan fingerprint density at radius 1 is 1.25 bits per heavy atom. The van der Waals surface area contributed by atoms with Gasteiger partial charge >= 0.3 is 0 Å². The maximum atomic E-state index is 10.1. The summed E-state index contributed by atoms with van der Waals surface area (Å²) in [5.41, 5.74) is 1.37. The fourth-order valence-electron chi connectivity index (χ4n) is 3.61. The first kappa shape index (κ1) is 21.1. The summed E-state index contributed by atoms with van der Waals surface area (Å²) < 4.78 is 5.56. The van der Waals surface area contributed by atoms with E-state index in [0.29, 0.717) is 19.2 Å². The number of hydrogen-bond acceptors (Lipinski definition) is 4. The number of ether oxygens (including phenoxy) is 1. The molecule has 6 heteroatoms. The molecule has 2 aliphatic rings. The number of benzene rings is 1. The van der Waals surface area contributed by atoms with E-state index >= 15 is 0 Å². The maximum absolute atomic E-state index is 10.1. The van der Waals surface area contributed by atoms with Gasteiger partial charge in [0, 0.05) is 32.3 Å². The lowest BCUT2D eigenvalue weighted by molar-refractivity contribution is 0.0368. The number of aliphatic imine (C=N–C) groups is 1. The molecule has 0 spiro atoms. The Kier molecular flexibility index (Phi) is 8.58. The number of rotatable bonds is 11. The summed E-state index contributed by atoms with van der Waals surface area (Å²) in [7, 11) is 0. The number of nitrogens with one attached hydrogen (secondary N) is 2. The quantitative estimate of drug-likeness (QED) is 0.400. The van der Waals surface area contributed by atoms with E-state index in [4.69, 9.17) is 4.74 Å². The SMILES string of the molecule is CCNC(=NCC(O)COCC1CC1)NCC1CCCN1Cc1ccccc1. The molecule has 1 aliphatic carbocycles. The highest BCUT2D eigenvalue weighted by Crippen LogP contribution is 2.28. The van der Waals surface area contributed by atoms with E-state index in [9.17, 15) is 5.11 Å². The minimum absolute atomic E-state index is 0.360. The molecular weight excluding hydrogens is 352 g/mol. The molecule has 0 aromatic heterocycles. The molecule has 2 unspecified atom stereocenters. The van der Waals surface area contributed by atoms with Crippen molar-refractivity contribution in [3.05, 3.63) is 35.9 Å². The molecule has 2 atom stereocenters. The Morgan fingerprint density at radius 2 is 2.07 bits per heavy atom. The van der Waals surface area contributed by atoms with E-state index in [-0.39, 0.29) is 0 Å². The second kappa shape index (κ2) is 11.4. The van der Waals surface area contributed by atoms with Gasteiger partial charge < -0.3 is 20.5 Å². The zero-order valence-corrected chi connectivity index (χ0v) is 17.1. The van der Waals surface area contributed by atoms with Gasteiger partial charge in [-0.2, -0.15) is 0 Å². The molecule has 1 aromatic carbocycles. The van der Waals surface area contributed by atoms with Crippen LogP contribution in [0.5, 0.6) is 0 Å². The van der Waals surface area contributed by atoms with Gasteiger partial charge in [0.05, 0.1) is 19.3 Å². The van der Waals surface area contributed by atoms with Gasteiger partial charge in [0.15, 0.2) is 5.96 Å². The molecule has 1 heterocycles. The van der Waals surface area contributed by atoms with Crippen molar-refractivity contribution in [3.8, 4) is 0 Å². The Balaban J connectivity index is 1.42. The molecule has 1 saturated carbocycles. The summed E-state index contributed by atoms with van der Waals surface area (Å²) in [5, 5.41) is 16.8. The van der Waals surface area contributed by atoms with Crippen LogP contribution < -0.4 is 10.6 Å². The van der Waals surface area contributed by atoms with Crippen LogP contribution in [0.4, 0.5) is 0 Å². The molecule has 156 valence electrons. The van der Waals surface area contributed by atoms with Crippen LogP contribution in [0.1, 0.15) is 38.2 Å². The lowest BCUT2D eigenvalue weighted by Crippen LogP contribution is -2.45. The van der Waals surface area contributed by atoms with E-state index < -0.39 is 6.10 Å². The van der Waals surface area contributed by atoms with E-state index in [1.807, 2.05) is 0 Å². The van der Waals surface area contributed by atoms with Gasteiger partial charge in [-0.3, -0.25) is 9.89 Å². The Hall–Kier alpha value is -1.63. The van der Waals surface area contributed by atoms with Crippen LogP contribution in [-0.2, 0) is 11.3 Å². The summed E-state index contributed by atoms with van der Waals surface area (Å²) >= 11 is 0. The van der Waals surface area contributed by atoms with Crippen LogP contribution in [0.15, 0.2) is 35.3 Å². The maximum Gasteiger partial charge on any atom is 0.191 e. The van der Waals surface area contributed by atoms with Crippen molar-refractivity contribution in [2.24, 2.45) is 10.9 Å². The van der Waals surface area contributed by atoms with Crippen LogP contribution in [0.3, 0.4) is 0 Å². The van der Waals surface area contributed by atoms with Crippen molar-refractivity contribution in [1.82, 2.24) is 15.5 Å². The fourth-order valence-corrected chi connectivity index (χ4v) is 3.61. The van der Waals surface area contributed by atoms with Crippen LogP contribution in [0.2, 0.25) is 0 Å². The van der Waals surface area contributed by atoms with Crippen molar-refractivity contribution in [1.29, 1.82) is 0 Å². The molecule has 0 amide bonds. The average Bonchev–Trinajstić information content (AvgIpc) is 3.43. The third-order valence-corrected chi connectivity index (χ3v) is 5.40. The molecule has 1 aromatic rings. The molecule has 2 fully saturated rings. The molecule has 6 nitrogen and oxygen atoms in total. The Labute approximate surface area is 169 Å². The summed E-state index contributed by atoms with van der Waals surface area (Å²) in [6.45, 7) is 7.38. The second-order valence-electron chi connectivity index (χ2n) is 7.99. The van der Waals surface area contributed by atoms with Crippen LogP contribution in [0, 0.1) is 5.92 Å². The molecular formula is C22H36N4O2. The molecule has 1 aliphatic heterocycles. The summed E-state index contributed by atoms with van der Waals surface area (Å²) in [4.78, 5) is 7.09. The highest BCUT2D eigenvalue weighted by Gasteiger charge is 2.24. The first-order valence-electron chi connectivity index (χ1n) is 10.8. The molecule has 0 radical (unpaired) electrons. The van der Waals surface area contributed by atoms with Crippen molar-refractivity contribution >= 4 is 5.96 Å². The number of guanidine groups is 1.